The number of halogens is 3. The van der Waals surface area contributed by atoms with Crippen molar-refractivity contribution in [3.63, 3.8) is 0 Å². The average Bonchev–Trinajstić information content (AvgIpc) is 3.48. The first-order valence-electron chi connectivity index (χ1n) is 13.3. The molecule has 1 aliphatic heterocycles. The second-order valence-electron chi connectivity index (χ2n) is 9.59. The van der Waals surface area contributed by atoms with E-state index in [4.69, 9.17) is 24.1 Å². The van der Waals surface area contributed by atoms with Crippen molar-refractivity contribution >= 4 is 39.7 Å². The number of aromatic nitrogens is 4. The summed E-state index contributed by atoms with van der Waals surface area (Å²) < 4.78 is 48.4. The van der Waals surface area contributed by atoms with Gasteiger partial charge in [-0.1, -0.05) is 0 Å². The lowest BCUT2D eigenvalue weighted by atomic mass is 10.1. The molecule has 0 unspecified atom stereocenters. The molecular formula is C28H31F3N6O6. The molecule has 1 saturated heterocycles. The molecule has 0 spiro atoms. The van der Waals surface area contributed by atoms with E-state index in [1.165, 1.54) is 25.9 Å². The van der Waals surface area contributed by atoms with E-state index in [0.29, 0.717) is 46.2 Å². The van der Waals surface area contributed by atoms with Crippen LogP contribution in [0.25, 0.3) is 21.8 Å². The Morgan fingerprint density at radius 2 is 1.58 bits per heavy atom. The third kappa shape index (κ3) is 8.00. The fraction of sp³-hybridized carbons (Fsp3) is 0.393. The smallest absolute Gasteiger partial charge is 0.490 e. The summed E-state index contributed by atoms with van der Waals surface area (Å²) in [6.07, 6.45) is -1.54. The van der Waals surface area contributed by atoms with Crippen molar-refractivity contribution in [2.75, 3.05) is 45.8 Å². The number of hydrogen-bond acceptors (Lipinski definition) is 11. The number of carbonyl (C=O) groups is 1. The first kappa shape index (κ1) is 31.3. The van der Waals surface area contributed by atoms with E-state index in [1.54, 1.807) is 32.4 Å². The van der Waals surface area contributed by atoms with Gasteiger partial charge in [0.05, 0.1) is 42.9 Å². The number of aryl methyl sites for hydroxylation is 1. The van der Waals surface area contributed by atoms with Gasteiger partial charge in [0.15, 0.2) is 11.5 Å². The average molecular weight is 605 g/mol. The fourth-order valence-corrected chi connectivity index (χ4v) is 4.49. The van der Waals surface area contributed by atoms with Gasteiger partial charge < -0.3 is 29.3 Å². The van der Waals surface area contributed by atoms with Crippen molar-refractivity contribution in [2.24, 2.45) is 0 Å². The van der Waals surface area contributed by atoms with Crippen molar-refractivity contribution in [2.45, 2.75) is 32.4 Å². The summed E-state index contributed by atoms with van der Waals surface area (Å²) in [7, 11) is 3.16. The van der Waals surface area contributed by atoms with Gasteiger partial charge in [-0.2, -0.15) is 18.2 Å². The Bertz CT molecular complexity index is 1600. The zero-order valence-electron chi connectivity index (χ0n) is 23.7. The molecule has 0 bridgehead atoms. The second kappa shape index (κ2) is 13.5. The number of rotatable bonds is 9. The number of fused-ring (bicyclic) bond motifs is 2. The van der Waals surface area contributed by atoms with Gasteiger partial charge in [0, 0.05) is 18.0 Å². The van der Waals surface area contributed by atoms with Crippen LogP contribution in [0.1, 0.15) is 25.0 Å². The maximum atomic E-state index is 10.6. The molecule has 3 N–H and O–H groups in total. The minimum Gasteiger partial charge on any atom is -0.494 e. The largest absolute Gasteiger partial charge is 0.494 e. The van der Waals surface area contributed by atoms with Crippen molar-refractivity contribution in [1.82, 2.24) is 24.8 Å². The van der Waals surface area contributed by atoms with E-state index in [-0.39, 0.29) is 11.8 Å². The number of alkyl halides is 3. The van der Waals surface area contributed by atoms with Gasteiger partial charge in [-0.3, -0.25) is 5.32 Å². The number of ether oxygens (including phenoxy) is 3. The van der Waals surface area contributed by atoms with Gasteiger partial charge in [-0.25, -0.2) is 19.7 Å². The van der Waals surface area contributed by atoms with E-state index in [1.807, 2.05) is 19.1 Å². The number of benzene rings is 2. The number of methoxy groups -OCH3 is 2. The number of aliphatic carboxylic acids is 1. The van der Waals surface area contributed by atoms with Crippen LogP contribution in [0.5, 0.6) is 23.1 Å². The lowest BCUT2D eigenvalue weighted by Crippen LogP contribution is -2.21. The molecule has 230 valence electrons. The third-order valence-electron chi connectivity index (χ3n) is 6.59. The molecule has 12 nitrogen and oxygen atoms in total. The molecule has 3 heterocycles. The molecule has 2 aromatic carbocycles. The fourth-order valence-electron chi connectivity index (χ4n) is 4.49. The molecule has 0 atom stereocenters. The van der Waals surface area contributed by atoms with Crippen LogP contribution in [0, 0.1) is 6.92 Å². The molecule has 0 radical (unpaired) electrons. The van der Waals surface area contributed by atoms with Gasteiger partial charge in [0.1, 0.15) is 5.75 Å². The van der Waals surface area contributed by atoms with Crippen LogP contribution in [-0.2, 0) is 4.79 Å². The molecule has 43 heavy (non-hydrogen) atoms. The van der Waals surface area contributed by atoms with Crippen LogP contribution >= 0.6 is 0 Å². The summed E-state index contributed by atoms with van der Waals surface area (Å²) in [5.41, 5.74) is 2.01. The molecule has 15 heteroatoms. The van der Waals surface area contributed by atoms with Gasteiger partial charge >= 0.3 is 12.1 Å². The number of carboxylic acid groups (broad SMARTS) is 1. The zero-order valence-corrected chi connectivity index (χ0v) is 23.7. The summed E-state index contributed by atoms with van der Waals surface area (Å²) in [6, 6.07) is 9.06. The number of hydrogen-bond donors (Lipinski definition) is 3. The molecule has 2 aromatic heterocycles. The lowest BCUT2D eigenvalue weighted by molar-refractivity contribution is -0.192. The molecule has 5 rings (SSSR count). The van der Waals surface area contributed by atoms with Gasteiger partial charge in [-0.15, -0.1) is 0 Å². The Balaban J connectivity index is 0.000000541. The minimum absolute atomic E-state index is 0.145. The Kier molecular flexibility index (Phi) is 9.85. The van der Waals surface area contributed by atoms with E-state index in [9.17, 15) is 18.3 Å². The minimum atomic E-state index is -5.08. The van der Waals surface area contributed by atoms with Gasteiger partial charge in [0.25, 0.3) is 0 Å². The molecule has 0 aliphatic carbocycles. The number of aromatic hydroxyl groups is 1. The summed E-state index contributed by atoms with van der Waals surface area (Å²) in [6.45, 7) is 5.92. The molecule has 1 aliphatic rings. The monoisotopic (exact) mass is 604 g/mol. The Hall–Kier alpha value is -4.66. The number of nitrogens with one attached hydrogen (secondary N) is 1. The topological polar surface area (TPSA) is 152 Å². The summed E-state index contributed by atoms with van der Waals surface area (Å²) in [5, 5.41) is 22.1. The molecule has 1 fully saturated rings. The van der Waals surface area contributed by atoms with Crippen LogP contribution in [0.3, 0.4) is 0 Å². The van der Waals surface area contributed by atoms with E-state index >= 15 is 0 Å². The second-order valence-corrected chi connectivity index (χ2v) is 9.59. The van der Waals surface area contributed by atoms with Crippen LogP contribution in [0.15, 0.2) is 30.3 Å². The summed E-state index contributed by atoms with van der Waals surface area (Å²) >= 11 is 0. The quantitative estimate of drug-likeness (QED) is 0.224. The van der Waals surface area contributed by atoms with E-state index in [0.717, 1.165) is 24.0 Å². The van der Waals surface area contributed by atoms with Crippen molar-refractivity contribution in [3.05, 3.63) is 36.0 Å². The first-order chi connectivity index (χ1) is 20.5. The summed E-state index contributed by atoms with van der Waals surface area (Å²) in [5.74, 6) is -0.539. The maximum absolute atomic E-state index is 10.6. The van der Waals surface area contributed by atoms with Crippen molar-refractivity contribution < 1.29 is 42.4 Å². The first-order valence-corrected chi connectivity index (χ1v) is 13.3. The highest BCUT2D eigenvalue weighted by molar-refractivity contribution is 5.87. The van der Waals surface area contributed by atoms with E-state index < -0.39 is 12.1 Å². The highest BCUT2D eigenvalue weighted by Crippen LogP contribution is 2.33. The van der Waals surface area contributed by atoms with Crippen molar-refractivity contribution in [1.29, 1.82) is 0 Å². The van der Waals surface area contributed by atoms with Crippen LogP contribution < -0.4 is 19.5 Å². The molecular weight excluding hydrogens is 573 g/mol. The Labute approximate surface area is 244 Å². The SMILES string of the molecule is COc1cc2nc(Nc3nc(O)c4cc(OCCCN5CCCC5)ccc4n3)nc(C)c2cc1OC.O=C(O)C(F)(F)F. The highest BCUT2D eigenvalue weighted by Gasteiger charge is 2.38. The molecule has 0 saturated carbocycles. The summed E-state index contributed by atoms with van der Waals surface area (Å²) in [4.78, 5) is 29.2. The zero-order chi connectivity index (χ0) is 31.1. The molecule has 0 amide bonds. The predicted molar refractivity (Wildman–Crippen MR) is 151 cm³/mol. The Morgan fingerprint density at radius 3 is 2.23 bits per heavy atom. The lowest BCUT2D eigenvalue weighted by Gasteiger charge is -2.14. The van der Waals surface area contributed by atoms with Gasteiger partial charge in [0.2, 0.25) is 17.8 Å². The normalized spacial score (nSPS) is 13.4. The highest BCUT2D eigenvalue weighted by atomic mass is 19.4. The molecule has 4 aromatic rings. The van der Waals surface area contributed by atoms with Crippen molar-refractivity contribution in [3.8, 4) is 23.1 Å². The Morgan fingerprint density at radius 1 is 0.953 bits per heavy atom. The number of nitrogens with zero attached hydrogens (tertiary/aromatic N) is 5. The van der Waals surface area contributed by atoms with Crippen LogP contribution in [0.4, 0.5) is 25.1 Å². The number of likely N-dealkylation sites (tertiary alicyclic amines) is 1. The predicted octanol–water partition coefficient (Wildman–Crippen LogP) is 4.85. The van der Waals surface area contributed by atoms with Gasteiger partial charge in [-0.05, 0) is 63.5 Å². The van der Waals surface area contributed by atoms with E-state index in [2.05, 4.69) is 30.2 Å². The van der Waals surface area contributed by atoms with Crippen LogP contribution in [0.2, 0.25) is 0 Å². The number of anilines is 2. The maximum Gasteiger partial charge on any atom is 0.490 e. The third-order valence-corrected chi connectivity index (χ3v) is 6.59. The number of carboxylic acids is 1. The standard InChI is InChI=1S/C26H30N6O4.C2HF3O2/c1-16-18-14-22(34-2)23(35-3)15-21(18)29-25(27-16)31-26-28-20-8-7-17(13-19(20)24(33)30-26)36-12-6-11-32-9-4-5-10-32;3-2(4,5)1(6)7/h7-8,13-15H,4-6,9-12H2,1-3H3,(H2,27,28,29,30,31,33);(H,6,7). The van der Waals surface area contributed by atoms with Crippen LogP contribution in [-0.4, -0.2) is 87.7 Å².